The summed E-state index contributed by atoms with van der Waals surface area (Å²) in [5.74, 6) is 0. The van der Waals surface area contributed by atoms with Crippen LogP contribution in [0.15, 0.2) is 14.1 Å². The maximum Gasteiger partial charge on any atom is 0.181 e. The normalized spacial score (nSPS) is 31.0. The molecule has 1 aliphatic heterocycles. The lowest BCUT2D eigenvalue weighted by molar-refractivity contribution is 1.27. The Morgan fingerprint density at radius 2 is 2.20 bits per heavy atom. The van der Waals surface area contributed by atoms with Gasteiger partial charge >= 0.3 is 0 Å². The van der Waals surface area contributed by atoms with Gasteiger partial charge in [0.2, 0.25) is 0 Å². The summed E-state index contributed by atoms with van der Waals surface area (Å²) in [4.78, 5) is 3.90. The van der Waals surface area contributed by atoms with E-state index in [1.54, 1.807) is 0 Å². The largest absolute Gasteiger partial charge is 0.250 e. The standard InChI is InChI=1S/C5HBr3N2/c6-3-4(7)10-2-5(3,8)1-9/h2H. The van der Waals surface area contributed by atoms with Crippen molar-refractivity contribution >= 4 is 54.0 Å². The van der Waals surface area contributed by atoms with E-state index in [4.69, 9.17) is 5.26 Å². The van der Waals surface area contributed by atoms with Crippen molar-refractivity contribution in [1.29, 1.82) is 5.26 Å². The van der Waals surface area contributed by atoms with Gasteiger partial charge in [0.15, 0.2) is 4.32 Å². The predicted molar refractivity (Wildman–Crippen MR) is 50.6 cm³/mol. The highest BCUT2D eigenvalue weighted by Gasteiger charge is 2.34. The van der Waals surface area contributed by atoms with E-state index in [0.717, 1.165) is 0 Å². The molecule has 0 spiro atoms. The maximum absolute atomic E-state index is 8.64. The number of allylic oxidation sites excluding steroid dienone is 1. The number of hydrogen-bond donors (Lipinski definition) is 0. The highest BCUT2D eigenvalue weighted by atomic mass is 79.9. The summed E-state index contributed by atoms with van der Waals surface area (Å²) in [5.41, 5.74) is 0. The quantitative estimate of drug-likeness (QED) is 0.497. The minimum atomic E-state index is -0.758. The molecule has 0 aromatic carbocycles. The lowest BCUT2D eigenvalue weighted by Crippen LogP contribution is -2.16. The number of halogens is 3. The first-order valence-corrected chi connectivity index (χ1v) is 4.69. The molecule has 0 amide bonds. The van der Waals surface area contributed by atoms with Crippen LogP contribution in [0.5, 0.6) is 0 Å². The molecule has 0 aliphatic carbocycles. The molecule has 0 fully saturated rings. The van der Waals surface area contributed by atoms with E-state index in [9.17, 15) is 0 Å². The third-order valence-electron chi connectivity index (χ3n) is 1.02. The zero-order valence-electron chi connectivity index (χ0n) is 4.61. The Kier molecular flexibility index (Phi) is 2.33. The van der Waals surface area contributed by atoms with Gasteiger partial charge in [-0.05, 0) is 31.9 Å². The van der Waals surface area contributed by atoms with E-state index < -0.39 is 4.32 Å². The molecule has 1 heterocycles. The van der Waals surface area contributed by atoms with E-state index >= 15 is 0 Å². The lowest BCUT2D eigenvalue weighted by atomic mass is 10.2. The average molecular weight is 329 g/mol. The van der Waals surface area contributed by atoms with E-state index in [0.29, 0.717) is 9.09 Å². The average Bonchev–Trinajstić information content (AvgIpc) is 2.19. The summed E-state index contributed by atoms with van der Waals surface area (Å²) >= 11 is 9.60. The van der Waals surface area contributed by atoms with Crippen molar-refractivity contribution in [3.05, 3.63) is 9.09 Å². The summed E-state index contributed by atoms with van der Waals surface area (Å²) in [6, 6.07) is 2.05. The van der Waals surface area contributed by atoms with Crippen LogP contribution in [-0.2, 0) is 0 Å². The molecule has 0 bridgehead atoms. The van der Waals surface area contributed by atoms with Crippen molar-refractivity contribution in [2.24, 2.45) is 4.99 Å². The maximum atomic E-state index is 8.64. The molecule has 2 nitrogen and oxygen atoms in total. The Hall–Kier alpha value is 0.340. The van der Waals surface area contributed by atoms with E-state index in [1.165, 1.54) is 6.21 Å². The molecule has 52 valence electrons. The van der Waals surface area contributed by atoms with Gasteiger partial charge in [0.1, 0.15) is 4.61 Å². The molecule has 0 radical (unpaired) electrons. The summed E-state index contributed by atoms with van der Waals surface area (Å²) in [7, 11) is 0. The van der Waals surface area contributed by atoms with Crippen LogP contribution in [0.2, 0.25) is 0 Å². The highest BCUT2D eigenvalue weighted by Crippen LogP contribution is 2.39. The lowest BCUT2D eigenvalue weighted by Gasteiger charge is -2.06. The summed E-state index contributed by atoms with van der Waals surface area (Å²) < 4.78 is 0.611. The Morgan fingerprint density at radius 3 is 2.40 bits per heavy atom. The molecule has 0 saturated heterocycles. The van der Waals surface area contributed by atoms with E-state index in [1.807, 2.05) is 0 Å². The van der Waals surface area contributed by atoms with Crippen LogP contribution in [0.3, 0.4) is 0 Å². The fourth-order valence-electron chi connectivity index (χ4n) is 0.487. The number of nitrogens with zero attached hydrogens (tertiary/aromatic N) is 2. The third kappa shape index (κ3) is 1.20. The Morgan fingerprint density at radius 1 is 1.60 bits per heavy atom. The van der Waals surface area contributed by atoms with Crippen molar-refractivity contribution in [2.75, 3.05) is 0 Å². The molecule has 0 N–H and O–H groups in total. The molecule has 1 unspecified atom stereocenters. The second-order valence-corrected chi connectivity index (χ2v) is 4.48. The monoisotopic (exact) mass is 326 g/mol. The van der Waals surface area contributed by atoms with Gasteiger partial charge in [-0.25, -0.2) is 4.99 Å². The minimum Gasteiger partial charge on any atom is -0.250 e. The van der Waals surface area contributed by atoms with Crippen LogP contribution in [0, 0.1) is 11.3 Å². The first kappa shape index (κ1) is 8.44. The van der Waals surface area contributed by atoms with Gasteiger partial charge in [0, 0.05) is 6.21 Å². The molecule has 1 atom stereocenters. The van der Waals surface area contributed by atoms with Gasteiger partial charge < -0.3 is 0 Å². The molecule has 0 aromatic heterocycles. The van der Waals surface area contributed by atoms with Crippen molar-refractivity contribution in [2.45, 2.75) is 4.32 Å². The van der Waals surface area contributed by atoms with Gasteiger partial charge in [0.25, 0.3) is 0 Å². The topological polar surface area (TPSA) is 36.1 Å². The SMILES string of the molecule is N#CC1(Br)C=NC(Br)=C1Br. The van der Waals surface area contributed by atoms with Crippen molar-refractivity contribution in [3.63, 3.8) is 0 Å². The summed E-state index contributed by atoms with van der Waals surface area (Å²) in [5, 5.41) is 8.64. The van der Waals surface area contributed by atoms with Crippen molar-refractivity contribution < 1.29 is 0 Å². The van der Waals surface area contributed by atoms with Gasteiger partial charge in [-0.15, -0.1) is 0 Å². The van der Waals surface area contributed by atoms with E-state index in [2.05, 4.69) is 58.9 Å². The Bertz CT molecular complexity index is 263. The molecule has 0 saturated carbocycles. The number of aliphatic imine (C=N–C) groups is 1. The second-order valence-electron chi connectivity index (χ2n) is 1.69. The van der Waals surface area contributed by atoms with Gasteiger partial charge in [-0.2, -0.15) is 5.26 Å². The highest BCUT2D eigenvalue weighted by molar-refractivity contribution is 9.15. The molecule has 0 aromatic rings. The minimum absolute atomic E-state index is 0.658. The summed E-state index contributed by atoms with van der Waals surface area (Å²) in [6.07, 6.45) is 1.53. The van der Waals surface area contributed by atoms with Gasteiger partial charge in [0.05, 0.1) is 10.6 Å². The van der Waals surface area contributed by atoms with Crippen molar-refractivity contribution in [1.82, 2.24) is 0 Å². The van der Waals surface area contributed by atoms with Crippen LogP contribution in [0.1, 0.15) is 0 Å². The molecular formula is C5HBr3N2. The van der Waals surface area contributed by atoms with Crippen LogP contribution >= 0.6 is 47.8 Å². The second kappa shape index (κ2) is 2.76. The fraction of sp³-hybridized carbons (Fsp3) is 0.200. The number of nitriles is 1. The van der Waals surface area contributed by atoms with Crippen LogP contribution < -0.4 is 0 Å². The third-order valence-corrected chi connectivity index (χ3v) is 4.46. The van der Waals surface area contributed by atoms with Crippen LogP contribution in [0.25, 0.3) is 0 Å². The molecule has 1 rings (SSSR count). The Balaban J connectivity index is 3.11. The molecule has 5 heteroatoms. The van der Waals surface area contributed by atoms with Crippen molar-refractivity contribution in [3.8, 4) is 6.07 Å². The zero-order valence-corrected chi connectivity index (χ0v) is 9.36. The number of rotatable bonds is 0. The predicted octanol–water partition coefficient (Wildman–Crippen LogP) is 2.69. The van der Waals surface area contributed by atoms with Gasteiger partial charge in [-0.1, -0.05) is 15.9 Å². The molecule has 10 heavy (non-hydrogen) atoms. The fourth-order valence-corrected chi connectivity index (χ4v) is 1.75. The van der Waals surface area contributed by atoms with E-state index in [-0.39, 0.29) is 0 Å². The number of hydrogen-bond acceptors (Lipinski definition) is 2. The zero-order chi connectivity index (χ0) is 7.78. The first-order valence-electron chi connectivity index (χ1n) is 2.31. The Labute approximate surface area is 83.4 Å². The number of alkyl halides is 1. The first-order chi connectivity index (χ1) is 4.60. The van der Waals surface area contributed by atoms with Crippen LogP contribution in [0.4, 0.5) is 0 Å². The van der Waals surface area contributed by atoms with Gasteiger partial charge in [-0.3, -0.25) is 0 Å². The van der Waals surface area contributed by atoms with Crippen LogP contribution in [-0.4, -0.2) is 10.5 Å². The summed E-state index contributed by atoms with van der Waals surface area (Å²) in [6.45, 7) is 0. The smallest absolute Gasteiger partial charge is 0.181 e. The molecule has 1 aliphatic rings. The molecular weight excluding hydrogens is 328 g/mol.